The van der Waals surface area contributed by atoms with Crippen molar-refractivity contribution in [3.8, 4) is 6.07 Å². The highest BCUT2D eigenvalue weighted by molar-refractivity contribution is 7.07. The Hall–Kier alpha value is -2.26. The minimum Gasteiger partial charge on any atom is -0.332 e. The number of aromatic nitrogens is 2. The van der Waals surface area contributed by atoms with Crippen molar-refractivity contribution in [2.75, 3.05) is 0 Å². The topological polar surface area (TPSA) is 78.7 Å². The summed E-state index contributed by atoms with van der Waals surface area (Å²) < 4.78 is 3.60. The lowest BCUT2D eigenvalue weighted by Crippen LogP contribution is -2.26. The van der Waals surface area contributed by atoms with Gasteiger partial charge in [-0.1, -0.05) is 34.8 Å². The van der Waals surface area contributed by atoms with Gasteiger partial charge in [-0.25, -0.2) is 0 Å². The summed E-state index contributed by atoms with van der Waals surface area (Å²) in [5, 5.41) is 15.2. The standard InChI is InChI=1S/C11H8N4OS/c12-6-9(8-4-2-1-3-5-8)14-11(16)10-7-13-15-17-10/h1-5,7,9H,(H,14,16). The van der Waals surface area contributed by atoms with Crippen molar-refractivity contribution >= 4 is 17.4 Å². The molecule has 6 heteroatoms. The molecule has 0 spiro atoms. The van der Waals surface area contributed by atoms with Crippen LogP contribution in [0.3, 0.4) is 0 Å². The lowest BCUT2D eigenvalue weighted by Gasteiger charge is -2.10. The van der Waals surface area contributed by atoms with Gasteiger partial charge in [-0.3, -0.25) is 4.79 Å². The highest BCUT2D eigenvalue weighted by Gasteiger charge is 2.16. The van der Waals surface area contributed by atoms with Crippen LogP contribution in [0, 0.1) is 11.3 Å². The van der Waals surface area contributed by atoms with E-state index in [-0.39, 0.29) is 5.91 Å². The Morgan fingerprint density at radius 1 is 1.41 bits per heavy atom. The second-order valence-electron chi connectivity index (χ2n) is 3.23. The third-order valence-corrected chi connectivity index (χ3v) is 2.79. The Morgan fingerprint density at radius 2 is 2.18 bits per heavy atom. The van der Waals surface area contributed by atoms with Gasteiger partial charge in [-0.15, -0.1) is 5.10 Å². The van der Waals surface area contributed by atoms with E-state index in [2.05, 4.69) is 14.9 Å². The van der Waals surface area contributed by atoms with E-state index in [1.807, 2.05) is 24.3 Å². The van der Waals surface area contributed by atoms with Gasteiger partial charge in [-0.05, 0) is 17.1 Å². The van der Waals surface area contributed by atoms with Gasteiger partial charge in [0.2, 0.25) is 0 Å². The van der Waals surface area contributed by atoms with Gasteiger partial charge in [0.15, 0.2) is 0 Å². The first kappa shape index (κ1) is 11.2. The van der Waals surface area contributed by atoms with Crippen LogP contribution in [0.15, 0.2) is 36.5 Å². The van der Waals surface area contributed by atoms with Crippen molar-refractivity contribution < 1.29 is 4.79 Å². The van der Waals surface area contributed by atoms with Crippen molar-refractivity contribution in [3.63, 3.8) is 0 Å². The predicted molar refractivity (Wildman–Crippen MR) is 62.2 cm³/mol. The van der Waals surface area contributed by atoms with Crippen molar-refractivity contribution in [2.24, 2.45) is 0 Å². The Balaban J connectivity index is 2.12. The van der Waals surface area contributed by atoms with E-state index in [4.69, 9.17) is 5.26 Å². The maximum atomic E-state index is 11.7. The number of hydrogen-bond acceptors (Lipinski definition) is 5. The van der Waals surface area contributed by atoms with Crippen LogP contribution in [0.5, 0.6) is 0 Å². The average molecular weight is 244 g/mol. The molecule has 1 atom stereocenters. The highest BCUT2D eigenvalue weighted by Crippen LogP contribution is 2.12. The number of nitrogens with zero attached hydrogens (tertiary/aromatic N) is 3. The van der Waals surface area contributed by atoms with E-state index in [9.17, 15) is 4.79 Å². The molecule has 1 N–H and O–H groups in total. The van der Waals surface area contributed by atoms with Gasteiger partial charge >= 0.3 is 0 Å². The van der Waals surface area contributed by atoms with E-state index < -0.39 is 6.04 Å². The maximum absolute atomic E-state index is 11.7. The molecule has 0 aliphatic heterocycles. The summed E-state index contributed by atoms with van der Waals surface area (Å²) >= 11 is 0.996. The average Bonchev–Trinajstić information content (AvgIpc) is 2.90. The van der Waals surface area contributed by atoms with Crippen LogP contribution in [0.25, 0.3) is 0 Å². The molecule has 1 aromatic carbocycles. The maximum Gasteiger partial charge on any atom is 0.265 e. The first-order valence-electron chi connectivity index (χ1n) is 4.84. The molecule has 2 aromatic rings. The minimum absolute atomic E-state index is 0.338. The molecule has 5 nitrogen and oxygen atoms in total. The smallest absolute Gasteiger partial charge is 0.265 e. The fourth-order valence-corrected chi connectivity index (χ4v) is 1.72. The highest BCUT2D eigenvalue weighted by atomic mass is 32.1. The Kier molecular flexibility index (Phi) is 3.43. The molecule has 0 saturated carbocycles. The van der Waals surface area contributed by atoms with Gasteiger partial charge in [0.1, 0.15) is 10.9 Å². The zero-order valence-corrected chi connectivity index (χ0v) is 9.52. The summed E-state index contributed by atoms with van der Waals surface area (Å²) in [6.07, 6.45) is 1.37. The molecule has 1 unspecified atom stereocenters. The van der Waals surface area contributed by atoms with Crippen molar-refractivity contribution in [2.45, 2.75) is 6.04 Å². The van der Waals surface area contributed by atoms with Gasteiger partial charge in [0, 0.05) is 0 Å². The number of amides is 1. The SMILES string of the molecule is N#CC(NC(=O)c1cnns1)c1ccccc1. The van der Waals surface area contributed by atoms with Crippen molar-refractivity contribution in [3.05, 3.63) is 47.0 Å². The Morgan fingerprint density at radius 3 is 2.76 bits per heavy atom. The lowest BCUT2D eigenvalue weighted by atomic mass is 10.1. The number of nitrogens with one attached hydrogen (secondary N) is 1. The molecule has 1 heterocycles. The molecule has 0 aliphatic rings. The number of rotatable bonds is 3. The van der Waals surface area contributed by atoms with Crippen LogP contribution in [0.4, 0.5) is 0 Å². The third kappa shape index (κ3) is 2.65. The summed E-state index contributed by atoms with van der Waals surface area (Å²) in [5.74, 6) is -0.338. The summed E-state index contributed by atoms with van der Waals surface area (Å²) in [6, 6.07) is 10.5. The summed E-state index contributed by atoms with van der Waals surface area (Å²) in [5.41, 5.74) is 0.751. The molecule has 17 heavy (non-hydrogen) atoms. The van der Waals surface area contributed by atoms with Gasteiger partial charge in [0.25, 0.3) is 5.91 Å². The van der Waals surface area contributed by atoms with Crippen molar-refractivity contribution in [1.82, 2.24) is 14.9 Å². The lowest BCUT2D eigenvalue weighted by molar-refractivity contribution is 0.0949. The largest absolute Gasteiger partial charge is 0.332 e. The first-order valence-corrected chi connectivity index (χ1v) is 5.61. The van der Waals surface area contributed by atoms with Crippen LogP contribution < -0.4 is 5.32 Å². The second-order valence-corrected chi connectivity index (χ2v) is 4.01. The zero-order chi connectivity index (χ0) is 12.1. The molecule has 1 aromatic heterocycles. The summed E-state index contributed by atoms with van der Waals surface area (Å²) in [7, 11) is 0. The van der Waals surface area contributed by atoms with E-state index in [0.29, 0.717) is 4.88 Å². The monoisotopic (exact) mass is 244 g/mol. The number of hydrogen-bond donors (Lipinski definition) is 1. The molecule has 0 aliphatic carbocycles. The molecule has 0 radical (unpaired) electrons. The fourth-order valence-electron chi connectivity index (χ4n) is 1.31. The van der Waals surface area contributed by atoms with Gasteiger partial charge in [-0.2, -0.15) is 5.26 Å². The zero-order valence-electron chi connectivity index (χ0n) is 8.70. The molecular formula is C11H8N4OS. The Bertz CT molecular complexity index is 532. The minimum atomic E-state index is -0.661. The van der Waals surface area contributed by atoms with Crippen LogP contribution >= 0.6 is 11.5 Å². The first-order chi connectivity index (χ1) is 8.31. The molecule has 84 valence electrons. The van der Waals surface area contributed by atoms with E-state index in [1.165, 1.54) is 6.20 Å². The van der Waals surface area contributed by atoms with Crippen LogP contribution in [-0.4, -0.2) is 15.5 Å². The number of benzene rings is 1. The van der Waals surface area contributed by atoms with Gasteiger partial charge in [0.05, 0.1) is 12.3 Å². The van der Waals surface area contributed by atoms with Crippen molar-refractivity contribution in [1.29, 1.82) is 5.26 Å². The Labute approximate surface area is 102 Å². The van der Waals surface area contributed by atoms with Crippen LogP contribution in [0.2, 0.25) is 0 Å². The molecule has 2 rings (SSSR count). The quantitative estimate of drug-likeness (QED) is 0.888. The normalized spacial score (nSPS) is 11.5. The van der Waals surface area contributed by atoms with Gasteiger partial charge < -0.3 is 5.32 Å². The predicted octanol–water partition coefficient (Wildman–Crippen LogP) is 1.53. The number of carbonyl (C=O) groups is 1. The third-order valence-electron chi connectivity index (χ3n) is 2.12. The van der Waals surface area contributed by atoms with Crippen LogP contribution in [-0.2, 0) is 0 Å². The van der Waals surface area contributed by atoms with Crippen LogP contribution in [0.1, 0.15) is 21.3 Å². The molecule has 0 saturated heterocycles. The summed E-state index contributed by atoms with van der Waals surface area (Å²) in [4.78, 5) is 12.1. The van der Waals surface area contributed by atoms with E-state index in [1.54, 1.807) is 12.1 Å². The molecule has 0 bridgehead atoms. The van der Waals surface area contributed by atoms with E-state index in [0.717, 1.165) is 17.1 Å². The molecular weight excluding hydrogens is 236 g/mol. The fraction of sp³-hybridized carbons (Fsp3) is 0.0909. The number of carbonyl (C=O) groups excluding carboxylic acids is 1. The summed E-state index contributed by atoms with van der Waals surface area (Å²) in [6.45, 7) is 0. The molecule has 0 fully saturated rings. The molecule has 1 amide bonds. The van der Waals surface area contributed by atoms with E-state index >= 15 is 0 Å². The second kappa shape index (κ2) is 5.18. The number of nitriles is 1.